The molecule has 126 valence electrons. The van der Waals surface area contributed by atoms with Crippen LogP contribution in [0.15, 0.2) is 60.7 Å². The number of benzene rings is 2. The van der Waals surface area contributed by atoms with Crippen LogP contribution in [0.4, 0.5) is 0 Å². The van der Waals surface area contributed by atoms with E-state index in [2.05, 4.69) is 5.32 Å². The molecule has 0 aromatic heterocycles. The van der Waals surface area contributed by atoms with Crippen molar-refractivity contribution in [1.82, 2.24) is 10.2 Å². The number of hydrogen-bond acceptors (Lipinski definition) is 4. The number of rotatable bonds is 5. The first kappa shape index (κ1) is 16.6. The van der Waals surface area contributed by atoms with Crippen LogP contribution < -0.4 is 5.32 Å². The Morgan fingerprint density at radius 1 is 1.04 bits per heavy atom. The third kappa shape index (κ3) is 3.82. The number of nitrogens with one attached hydrogen (secondary N) is 1. The van der Waals surface area contributed by atoms with Crippen LogP contribution >= 0.6 is 0 Å². The van der Waals surface area contributed by atoms with Crippen molar-refractivity contribution in [1.29, 1.82) is 0 Å². The molecule has 2 aromatic rings. The minimum absolute atomic E-state index is 0.177. The average Bonchev–Trinajstić information content (AvgIpc) is 2.88. The Hall–Kier alpha value is -2.21. The fourth-order valence-corrected chi connectivity index (χ4v) is 3.09. The van der Waals surface area contributed by atoms with Crippen molar-refractivity contribution in [3.05, 3.63) is 71.8 Å². The van der Waals surface area contributed by atoms with Crippen LogP contribution in [0.2, 0.25) is 0 Å². The van der Waals surface area contributed by atoms with Gasteiger partial charge in [-0.15, -0.1) is 0 Å². The molecular weight excluding hydrogens is 304 g/mol. The molecule has 0 aliphatic carbocycles. The predicted molar refractivity (Wildman–Crippen MR) is 91.4 cm³/mol. The number of nitrogens with zero attached hydrogens (tertiary/aromatic N) is 1. The van der Waals surface area contributed by atoms with Gasteiger partial charge in [0, 0.05) is 25.2 Å². The van der Waals surface area contributed by atoms with Crippen molar-refractivity contribution in [2.24, 2.45) is 0 Å². The maximum Gasteiger partial charge on any atom is 0.251 e. The molecule has 0 radical (unpaired) electrons. The maximum absolute atomic E-state index is 12.2. The summed E-state index contributed by atoms with van der Waals surface area (Å²) in [5.41, 5.74) is 1.69. The number of hydrogen-bond donors (Lipinski definition) is 3. The van der Waals surface area contributed by atoms with Gasteiger partial charge in [0.15, 0.2) is 0 Å². The normalized spacial score (nSPS) is 24.0. The summed E-state index contributed by atoms with van der Waals surface area (Å²) in [4.78, 5) is 14.2. The van der Waals surface area contributed by atoms with Gasteiger partial charge >= 0.3 is 0 Å². The zero-order valence-corrected chi connectivity index (χ0v) is 13.4. The van der Waals surface area contributed by atoms with E-state index < -0.39 is 12.2 Å². The Morgan fingerprint density at radius 2 is 1.67 bits per heavy atom. The minimum Gasteiger partial charge on any atom is -0.389 e. The van der Waals surface area contributed by atoms with Crippen molar-refractivity contribution in [3.63, 3.8) is 0 Å². The van der Waals surface area contributed by atoms with Gasteiger partial charge in [-0.05, 0) is 17.7 Å². The Bertz CT molecular complexity index is 663. The minimum atomic E-state index is -0.871. The standard InChI is InChI=1S/C19H22N2O3/c22-17-13-21(12-14-7-3-1-4-8-14)16(18(17)23)11-20-19(24)15-9-5-2-6-10-15/h1-10,16-18,22-23H,11-13H2,(H,20,24)/t16-,17-,18+/m0/s1. The molecule has 1 aliphatic rings. The van der Waals surface area contributed by atoms with Crippen LogP contribution in [0.1, 0.15) is 15.9 Å². The molecule has 0 spiro atoms. The Balaban J connectivity index is 1.64. The lowest BCUT2D eigenvalue weighted by molar-refractivity contribution is 0.0370. The highest BCUT2D eigenvalue weighted by Gasteiger charge is 2.39. The molecule has 5 nitrogen and oxygen atoms in total. The van der Waals surface area contributed by atoms with E-state index in [4.69, 9.17) is 0 Å². The van der Waals surface area contributed by atoms with Gasteiger partial charge in [0.1, 0.15) is 0 Å². The SMILES string of the molecule is O=C(NC[C@H]1[C@@H](O)[C@@H](O)CN1Cc1ccccc1)c1ccccc1. The average molecular weight is 326 g/mol. The maximum atomic E-state index is 12.2. The second-order valence-corrected chi connectivity index (χ2v) is 6.12. The van der Waals surface area contributed by atoms with Crippen LogP contribution in [0, 0.1) is 0 Å². The van der Waals surface area contributed by atoms with Gasteiger partial charge in [-0.3, -0.25) is 9.69 Å². The molecule has 5 heteroatoms. The van der Waals surface area contributed by atoms with Crippen molar-refractivity contribution < 1.29 is 15.0 Å². The fraction of sp³-hybridized carbons (Fsp3) is 0.316. The monoisotopic (exact) mass is 326 g/mol. The molecular formula is C19H22N2O3. The zero-order valence-electron chi connectivity index (χ0n) is 13.4. The molecule has 3 atom stereocenters. The Kier molecular flexibility index (Phi) is 5.25. The quantitative estimate of drug-likeness (QED) is 0.767. The van der Waals surface area contributed by atoms with E-state index in [1.807, 2.05) is 53.4 Å². The van der Waals surface area contributed by atoms with E-state index >= 15 is 0 Å². The van der Waals surface area contributed by atoms with E-state index in [9.17, 15) is 15.0 Å². The smallest absolute Gasteiger partial charge is 0.251 e. The number of aliphatic hydroxyl groups excluding tert-OH is 2. The largest absolute Gasteiger partial charge is 0.389 e. The molecule has 0 unspecified atom stereocenters. The predicted octanol–water partition coefficient (Wildman–Crippen LogP) is 1.02. The van der Waals surface area contributed by atoms with E-state index in [1.54, 1.807) is 12.1 Å². The van der Waals surface area contributed by atoms with Crippen LogP contribution in [0.3, 0.4) is 0 Å². The molecule has 3 N–H and O–H groups in total. The summed E-state index contributed by atoms with van der Waals surface area (Å²) in [5, 5.41) is 23.1. The molecule has 1 aliphatic heterocycles. The summed E-state index contributed by atoms with van der Waals surface area (Å²) in [5.74, 6) is -0.177. The highest BCUT2D eigenvalue weighted by molar-refractivity contribution is 5.94. The molecule has 1 fully saturated rings. The number of likely N-dealkylation sites (tertiary alicyclic amines) is 1. The molecule has 3 rings (SSSR count). The molecule has 1 heterocycles. The molecule has 1 amide bonds. The van der Waals surface area contributed by atoms with E-state index in [0.29, 0.717) is 25.2 Å². The number of β-amino-alcohol motifs (C(OH)–C–C–N with tert-alkyl or cyclic N) is 1. The van der Waals surface area contributed by atoms with Crippen LogP contribution in [-0.4, -0.2) is 52.4 Å². The van der Waals surface area contributed by atoms with Gasteiger partial charge < -0.3 is 15.5 Å². The van der Waals surface area contributed by atoms with Crippen molar-refractivity contribution >= 4 is 5.91 Å². The van der Waals surface area contributed by atoms with Gasteiger partial charge in [0.25, 0.3) is 5.91 Å². The number of aliphatic hydroxyl groups is 2. The van der Waals surface area contributed by atoms with Gasteiger partial charge in [-0.1, -0.05) is 48.5 Å². The molecule has 24 heavy (non-hydrogen) atoms. The lowest BCUT2D eigenvalue weighted by Gasteiger charge is -2.26. The van der Waals surface area contributed by atoms with Crippen molar-refractivity contribution in [3.8, 4) is 0 Å². The van der Waals surface area contributed by atoms with E-state index in [1.165, 1.54) is 0 Å². The Labute approximate surface area is 141 Å². The number of carbonyl (C=O) groups excluding carboxylic acids is 1. The third-order valence-corrected chi connectivity index (χ3v) is 4.42. The number of carbonyl (C=O) groups is 1. The van der Waals surface area contributed by atoms with Crippen molar-refractivity contribution in [2.45, 2.75) is 24.8 Å². The summed E-state index contributed by atoms with van der Waals surface area (Å²) >= 11 is 0. The second kappa shape index (κ2) is 7.57. The summed E-state index contributed by atoms with van der Waals surface area (Å²) in [6.45, 7) is 1.31. The highest BCUT2D eigenvalue weighted by Crippen LogP contribution is 2.21. The fourth-order valence-electron chi connectivity index (χ4n) is 3.09. The van der Waals surface area contributed by atoms with Gasteiger partial charge in [0.2, 0.25) is 0 Å². The molecule has 0 bridgehead atoms. The van der Waals surface area contributed by atoms with E-state index in [0.717, 1.165) is 5.56 Å². The summed E-state index contributed by atoms with van der Waals surface area (Å²) in [7, 11) is 0. The van der Waals surface area contributed by atoms with Gasteiger partial charge in [-0.25, -0.2) is 0 Å². The summed E-state index contributed by atoms with van der Waals surface area (Å²) in [6, 6.07) is 18.6. The van der Waals surface area contributed by atoms with Gasteiger partial charge in [0.05, 0.1) is 18.2 Å². The van der Waals surface area contributed by atoms with Gasteiger partial charge in [-0.2, -0.15) is 0 Å². The zero-order chi connectivity index (χ0) is 16.9. The van der Waals surface area contributed by atoms with E-state index in [-0.39, 0.29) is 11.9 Å². The highest BCUT2D eigenvalue weighted by atomic mass is 16.3. The molecule has 2 aromatic carbocycles. The Morgan fingerprint density at radius 3 is 2.33 bits per heavy atom. The lowest BCUT2D eigenvalue weighted by atomic mass is 10.1. The first-order valence-corrected chi connectivity index (χ1v) is 8.12. The second-order valence-electron chi connectivity index (χ2n) is 6.12. The number of amides is 1. The van der Waals surface area contributed by atoms with Crippen LogP contribution in [0.5, 0.6) is 0 Å². The topological polar surface area (TPSA) is 72.8 Å². The summed E-state index contributed by atoms with van der Waals surface area (Å²) < 4.78 is 0. The third-order valence-electron chi connectivity index (χ3n) is 4.42. The molecule has 1 saturated heterocycles. The molecule has 0 saturated carbocycles. The lowest BCUT2D eigenvalue weighted by Crippen LogP contribution is -2.45. The van der Waals surface area contributed by atoms with Crippen molar-refractivity contribution in [2.75, 3.05) is 13.1 Å². The first-order valence-electron chi connectivity index (χ1n) is 8.12. The van der Waals surface area contributed by atoms with Crippen LogP contribution in [-0.2, 0) is 6.54 Å². The van der Waals surface area contributed by atoms with Crippen LogP contribution in [0.25, 0.3) is 0 Å². The first-order chi connectivity index (χ1) is 11.6. The summed E-state index contributed by atoms with van der Waals surface area (Å²) in [6.07, 6.45) is -1.67.